The Hall–Kier alpha value is -2.27. The van der Waals surface area contributed by atoms with Crippen molar-refractivity contribution in [1.29, 1.82) is 0 Å². The fourth-order valence-electron chi connectivity index (χ4n) is 3.02. The van der Waals surface area contributed by atoms with Crippen molar-refractivity contribution in [3.05, 3.63) is 71.3 Å². The van der Waals surface area contributed by atoms with Gasteiger partial charge in [0.15, 0.2) is 0 Å². The van der Waals surface area contributed by atoms with Crippen molar-refractivity contribution in [2.45, 2.75) is 52.0 Å². The minimum atomic E-state index is -0.493. The third kappa shape index (κ3) is 7.58. The van der Waals surface area contributed by atoms with Crippen molar-refractivity contribution in [3.63, 3.8) is 0 Å². The molecule has 2 aromatic rings. The van der Waals surface area contributed by atoms with Crippen LogP contribution in [-0.4, -0.2) is 35.1 Å². The van der Waals surface area contributed by atoms with E-state index in [1.807, 2.05) is 63.2 Å². The lowest BCUT2D eigenvalue weighted by molar-refractivity contribution is -0.140. The van der Waals surface area contributed by atoms with Crippen molar-refractivity contribution < 1.29 is 9.59 Å². The molecule has 5 heteroatoms. The first-order valence-corrected chi connectivity index (χ1v) is 11.4. The Kier molecular flexibility index (Phi) is 9.78. The minimum absolute atomic E-state index is 0.0213. The van der Waals surface area contributed by atoms with Crippen LogP contribution in [-0.2, 0) is 21.9 Å². The molecule has 2 rings (SSSR count). The number of nitrogens with one attached hydrogen (secondary N) is 1. The number of rotatable bonds is 11. The lowest BCUT2D eigenvalue weighted by Crippen LogP contribution is -2.47. The molecule has 1 N–H and O–H groups in total. The fraction of sp³-hybridized carbons (Fsp3) is 0.417. The number of carbonyl (C=O) groups excluding carboxylic acids is 2. The van der Waals surface area contributed by atoms with Crippen LogP contribution in [0.4, 0.5) is 0 Å². The van der Waals surface area contributed by atoms with E-state index < -0.39 is 6.04 Å². The van der Waals surface area contributed by atoms with E-state index in [1.165, 1.54) is 5.56 Å². The standard InChI is InChI=1S/C24H32N2O2S/c1-4-15-25-24(28)20(3)26(17-22-13-9-8-10-19(22)2)23(27)14-16-29-18-21-11-6-5-7-12-21/h5-13,20H,4,14-18H2,1-3H3,(H,25,28)/t20-/m1/s1. The second-order valence-corrected chi connectivity index (χ2v) is 8.31. The van der Waals surface area contributed by atoms with Gasteiger partial charge in [-0.1, -0.05) is 61.5 Å². The zero-order valence-electron chi connectivity index (χ0n) is 17.7. The van der Waals surface area contributed by atoms with E-state index in [2.05, 4.69) is 17.4 Å². The van der Waals surface area contributed by atoms with E-state index in [0.29, 0.717) is 19.5 Å². The Morgan fingerprint density at radius 1 is 1.07 bits per heavy atom. The number of aryl methyl sites for hydroxylation is 1. The number of carbonyl (C=O) groups is 2. The Balaban J connectivity index is 1.99. The molecular weight excluding hydrogens is 380 g/mol. The number of thioether (sulfide) groups is 1. The van der Waals surface area contributed by atoms with Crippen LogP contribution in [0.2, 0.25) is 0 Å². The van der Waals surface area contributed by atoms with Crippen LogP contribution in [0.1, 0.15) is 43.4 Å². The van der Waals surface area contributed by atoms with Crippen LogP contribution in [0.3, 0.4) is 0 Å². The Morgan fingerprint density at radius 3 is 2.45 bits per heavy atom. The summed E-state index contributed by atoms with van der Waals surface area (Å²) in [6.07, 6.45) is 1.30. The van der Waals surface area contributed by atoms with E-state index in [1.54, 1.807) is 16.7 Å². The number of amides is 2. The van der Waals surface area contributed by atoms with Gasteiger partial charge in [0.2, 0.25) is 11.8 Å². The van der Waals surface area contributed by atoms with Crippen molar-refractivity contribution in [1.82, 2.24) is 10.2 Å². The van der Waals surface area contributed by atoms with E-state index in [-0.39, 0.29) is 11.8 Å². The molecule has 2 amide bonds. The van der Waals surface area contributed by atoms with Gasteiger partial charge in [-0.3, -0.25) is 9.59 Å². The Labute approximate surface area is 179 Å². The summed E-state index contributed by atoms with van der Waals surface area (Å²) in [7, 11) is 0. The van der Waals surface area contributed by atoms with Crippen molar-refractivity contribution in [2.24, 2.45) is 0 Å². The van der Waals surface area contributed by atoms with Crippen LogP contribution >= 0.6 is 11.8 Å². The molecule has 156 valence electrons. The summed E-state index contributed by atoms with van der Waals surface area (Å²) in [5.41, 5.74) is 3.46. The summed E-state index contributed by atoms with van der Waals surface area (Å²) in [6, 6.07) is 17.8. The van der Waals surface area contributed by atoms with Gasteiger partial charge in [-0.25, -0.2) is 0 Å². The average Bonchev–Trinajstić information content (AvgIpc) is 2.74. The molecule has 0 bridgehead atoms. The molecule has 2 aromatic carbocycles. The maximum absolute atomic E-state index is 13.0. The summed E-state index contributed by atoms with van der Waals surface area (Å²) >= 11 is 1.75. The first-order valence-electron chi connectivity index (χ1n) is 10.3. The van der Waals surface area contributed by atoms with Crippen LogP contribution in [0, 0.1) is 6.92 Å². The highest BCUT2D eigenvalue weighted by atomic mass is 32.2. The van der Waals surface area contributed by atoms with Gasteiger partial charge in [0.25, 0.3) is 0 Å². The van der Waals surface area contributed by atoms with E-state index in [0.717, 1.165) is 29.1 Å². The highest BCUT2D eigenvalue weighted by Crippen LogP contribution is 2.17. The minimum Gasteiger partial charge on any atom is -0.354 e. The maximum atomic E-state index is 13.0. The zero-order valence-corrected chi connectivity index (χ0v) is 18.5. The first-order chi connectivity index (χ1) is 14.0. The number of nitrogens with zero attached hydrogens (tertiary/aromatic N) is 1. The Bertz CT molecular complexity index is 779. The second kappa shape index (κ2) is 12.3. The number of hydrogen-bond acceptors (Lipinski definition) is 3. The van der Waals surface area contributed by atoms with Gasteiger partial charge < -0.3 is 10.2 Å². The maximum Gasteiger partial charge on any atom is 0.242 e. The molecule has 0 aliphatic heterocycles. The zero-order chi connectivity index (χ0) is 21.1. The van der Waals surface area contributed by atoms with Gasteiger partial charge in [-0.2, -0.15) is 11.8 Å². The highest BCUT2D eigenvalue weighted by molar-refractivity contribution is 7.98. The van der Waals surface area contributed by atoms with Gasteiger partial charge in [0.05, 0.1) is 0 Å². The summed E-state index contributed by atoms with van der Waals surface area (Å²) < 4.78 is 0. The van der Waals surface area contributed by atoms with Gasteiger partial charge >= 0.3 is 0 Å². The molecule has 0 radical (unpaired) electrons. The topological polar surface area (TPSA) is 49.4 Å². The third-order valence-electron chi connectivity index (χ3n) is 4.89. The van der Waals surface area contributed by atoms with Gasteiger partial charge in [0.1, 0.15) is 6.04 Å². The summed E-state index contributed by atoms with van der Waals surface area (Å²) in [6.45, 7) is 6.96. The molecule has 0 saturated heterocycles. The second-order valence-electron chi connectivity index (χ2n) is 7.20. The number of benzene rings is 2. The van der Waals surface area contributed by atoms with E-state index >= 15 is 0 Å². The molecule has 0 aliphatic carbocycles. The summed E-state index contributed by atoms with van der Waals surface area (Å²) in [5, 5.41) is 2.92. The largest absolute Gasteiger partial charge is 0.354 e. The normalized spacial score (nSPS) is 11.7. The quantitative estimate of drug-likeness (QED) is 0.550. The predicted molar refractivity (Wildman–Crippen MR) is 122 cm³/mol. The molecule has 1 atom stereocenters. The van der Waals surface area contributed by atoms with Gasteiger partial charge in [-0.05, 0) is 37.0 Å². The van der Waals surface area contributed by atoms with Crippen molar-refractivity contribution in [3.8, 4) is 0 Å². The highest BCUT2D eigenvalue weighted by Gasteiger charge is 2.25. The molecule has 0 saturated carbocycles. The van der Waals surface area contributed by atoms with Crippen molar-refractivity contribution >= 4 is 23.6 Å². The molecule has 29 heavy (non-hydrogen) atoms. The Morgan fingerprint density at radius 2 is 1.76 bits per heavy atom. The molecule has 0 aliphatic rings. The smallest absolute Gasteiger partial charge is 0.242 e. The molecule has 4 nitrogen and oxygen atoms in total. The molecule has 0 fully saturated rings. The van der Waals surface area contributed by atoms with Crippen LogP contribution < -0.4 is 5.32 Å². The van der Waals surface area contributed by atoms with Crippen molar-refractivity contribution in [2.75, 3.05) is 12.3 Å². The lowest BCUT2D eigenvalue weighted by Gasteiger charge is -2.29. The van der Waals surface area contributed by atoms with E-state index in [9.17, 15) is 9.59 Å². The molecular formula is C24H32N2O2S. The SMILES string of the molecule is CCCNC(=O)[C@@H](C)N(Cc1ccccc1C)C(=O)CCSCc1ccccc1. The summed E-state index contributed by atoms with van der Waals surface area (Å²) in [5.74, 6) is 1.55. The molecule has 0 aromatic heterocycles. The molecule has 0 unspecified atom stereocenters. The van der Waals surface area contributed by atoms with Crippen LogP contribution in [0.15, 0.2) is 54.6 Å². The monoisotopic (exact) mass is 412 g/mol. The van der Waals surface area contributed by atoms with E-state index in [4.69, 9.17) is 0 Å². The van der Waals surface area contributed by atoms with Gasteiger partial charge in [0, 0.05) is 31.0 Å². The lowest BCUT2D eigenvalue weighted by atomic mass is 10.1. The van der Waals surface area contributed by atoms with Crippen LogP contribution in [0.5, 0.6) is 0 Å². The molecule has 0 spiro atoms. The molecule has 0 heterocycles. The first kappa shape index (κ1) is 23.0. The fourth-order valence-corrected chi connectivity index (χ4v) is 3.91. The average molecular weight is 413 g/mol. The third-order valence-corrected chi connectivity index (χ3v) is 5.92. The number of hydrogen-bond donors (Lipinski definition) is 1. The van der Waals surface area contributed by atoms with Crippen LogP contribution in [0.25, 0.3) is 0 Å². The predicted octanol–water partition coefficient (Wildman–Crippen LogP) is 4.56. The summed E-state index contributed by atoms with van der Waals surface area (Å²) in [4.78, 5) is 27.3. The van der Waals surface area contributed by atoms with Gasteiger partial charge in [-0.15, -0.1) is 0 Å².